The summed E-state index contributed by atoms with van der Waals surface area (Å²) in [6.45, 7) is 4.39. The summed E-state index contributed by atoms with van der Waals surface area (Å²) in [5, 5.41) is 17.3. The predicted molar refractivity (Wildman–Crippen MR) is 99.7 cm³/mol. The van der Waals surface area contributed by atoms with Gasteiger partial charge in [0.2, 0.25) is 0 Å². The van der Waals surface area contributed by atoms with Gasteiger partial charge in [-0.05, 0) is 19.1 Å². The fraction of sp³-hybridized carbons (Fsp3) is 0.294. The average Bonchev–Trinajstić information content (AvgIpc) is 3.41. The zero-order valence-electron chi connectivity index (χ0n) is 14.2. The lowest BCUT2D eigenvalue weighted by atomic mass is 10.1. The minimum atomic E-state index is 0.270. The van der Waals surface area contributed by atoms with Gasteiger partial charge in [0.25, 0.3) is 0 Å². The van der Waals surface area contributed by atoms with Gasteiger partial charge < -0.3 is 9.64 Å². The monoisotopic (exact) mass is 367 g/mol. The molecule has 4 aromatic rings. The van der Waals surface area contributed by atoms with Crippen molar-refractivity contribution >= 4 is 28.2 Å². The Kier molecular flexibility index (Phi) is 3.68. The van der Waals surface area contributed by atoms with E-state index in [9.17, 15) is 0 Å². The van der Waals surface area contributed by atoms with Gasteiger partial charge in [0.1, 0.15) is 27.8 Å². The van der Waals surface area contributed by atoms with Crippen LogP contribution in [-0.2, 0) is 4.74 Å². The van der Waals surface area contributed by atoms with Gasteiger partial charge in [-0.15, -0.1) is 10.2 Å². The largest absolute Gasteiger partial charge is 0.377 e. The second-order valence-corrected chi connectivity index (χ2v) is 7.09. The SMILES string of the molecule is C[C@@H]1COCCN1c1cc(-c2nncs2)c2ccn(-c3ccn[nH]3)c2n1. The molecule has 1 aliphatic rings. The van der Waals surface area contributed by atoms with Gasteiger partial charge in [-0.3, -0.25) is 9.67 Å². The average molecular weight is 367 g/mol. The van der Waals surface area contributed by atoms with Crippen molar-refractivity contribution in [2.24, 2.45) is 0 Å². The van der Waals surface area contributed by atoms with E-state index in [1.165, 1.54) is 11.3 Å². The quantitative estimate of drug-likeness (QED) is 0.599. The van der Waals surface area contributed by atoms with Crippen LogP contribution in [0.3, 0.4) is 0 Å². The van der Waals surface area contributed by atoms with E-state index in [0.29, 0.717) is 13.2 Å². The number of nitrogens with one attached hydrogen (secondary N) is 1. The van der Waals surface area contributed by atoms with E-state index in [0.717, 1.165) is 39.8 Å². The fourth-order valence-corrected chi connectivity index (χ4v) is 3.94. The van der Waals surface area contributed by atoms with E-state index in [2.05, 4.69) is 44.4 Å². The third kappa shape index (κ3) is 2.47. The Bertz CT molecular complexity index is 1030. The Hall–Kier alpha value is -2.78. The Morgan fingerprint density at radius 2 is 2.31 bits per heavy atom. The molecule has 132 valence electrons. The first kappa shape index (κ1) is 15.5. The minimum absolute atomic E-state index is 0.270. The summed E-state index contributed by atoms with van der Waals surface area (Å²) in [4.78, 5) is 7.27. The molecule has 1 N–H and O–H groups in total. The molecule has 0 unspecified atom stereocenters. The smallest absolute Gasteiger partial charge is 0.148 e. The van der Waals surface area contributed by atoms with Crippen LogP contribution in [0.2, 0.25) is 0 Å². The van der Waals surface area contributed by atoms with Crippen LogP contribution in [0.25, 0.3) is 27.4 Å². The highest BCUT2D eigenvalue weighted by atomic mass is 32.1. The van der Waals surface area contributed by atoms with Crippen LogP contribution < -0.4 is 4.90 Å². The van der Waals surface area contributed by atoms with Crippen molar-refractivity contribution in [2.75, 3.05) is 24.7 Å². The predicted octanol–water partition coefficient (Wildman–Crippen LogP) is 2.49. The Balaban J connectivity index is 1.74. The van der Waals surface area contributed by atoms with Gasteiger partial charge in [0, 0.05) is 29.8 Å². The molecule has 9 heteroatoms. The number of aromatic nitrogens is 6. The second-order valence-electron chi connectivity index (χ2n) is 6.25. The lowest BCUT2D eigenvalue weighted by molar-refractivity contribution is 0.0986. The van der Waals surface area contributed by atoms with Gasteiger partial charge in [-0.1, -0.05) is 11.3 Å². The molecule has 1 fully saturated rings. The number of hydrogen-bond acceptors (Lipinski definition) is 7. The van der Waals surface area contributed by atoms with E-state index in [1.807, 2.05) is 16.8 Å². The van der Waals surface area contributed by atoms with E-state index < -0.39 is 0 Å². The highest BCUT2D eigenvalue weighted by Gasteiger charge is 2.23. The van der Waals surface area contributed by atoms with E-state index >= 15 is 0 Å². The number of ether oxygens (including phenoxy) is 1. The number of anilines is 1. The minimum Gasteiger partial charge on any atom is -0.377 e. The van der Waals surface area contributed by atoms with Crippen LogP contribution in [0.1, 0.15) is 6.92 Å². The van der Waals surface area contributed by atoms with E-state index in [4.69, 9.17) is 9.72 Å². The van der Waals surface area contributed by atoms with Gasteiger partial charge in [-0.2, -0.15) is 5.10 Å². The number of hydrogen-bond donors (Lipinski definition) is 1. The Labute approximate surface area is 153 Å². The number of aromatic amines is 1. The summed E-state index contributed by atoms with van der Waals surface area (Å²) >= 11 is 1.53. The lowest BCUT2D eigenvalue weighted by Crippen LogP contribution is -2.44. The van der Waals surface area contributed by atoms with Crippen molar-refractivity contribution in [3.63, 3.8) is 0 Å². The molecule has 8 nitrogen and oxygen atoms in total. The number of pyridine rings is 1. The molecule has 4 aromatic heterocycles. The van der Waals surface area contributed by atoms with Crippen molar-refractivity contribution in [2.45, 2.75) is 13.0 Å². The van der Waals surface area contributed by atoms with E-state index in [-0.39, 0.29) is 6.04 Å². The van der Waals surface area contributed by atoms with Crippen molar-refractivity contribution in [1.29, 1.82) is 0 Å². The molecule has 1 saturated heterocycles. The van der Waals surface area contributed by atoms with Gasteiger partial charge in [0.05, 0.1) is 25.5 Å². The van der Waals surface area contributed by atoms with Crippen LogP contribution >= 0.6 is 11.3 Å². The molecule has 5 heterocycles. The van der Waals surface area contributed by atoms with Crippen LogP contribution in [0, 0.1) is 0 Å². The number of rotatable bonds is 3. The maximum Gasteiger partial charge on any atom is 0.148 e. The van der Waals surface area contributed by atoms with Crippen molar-refractivity contribution in [3.05, 3.63) is 36.1 Å². The number of nitrogens with zero attached hydrogens (tertiary/aromatic N) is 6. The topological polar surface area (TPSA) is 84.8 Å². The molecule has 1 aliphatic heterocycles. The third-order valence-corrected chi connectivity index (χ3v) is 5.37. The zero-order chi connectivity index (χ0) is 17.5. The molecule has 0 amide bonds. The first-order valence-electron chi connectivity index (χ1n) is 8.44. The van der Waals surface area contributed by atoms with Gasteiger partial charge >= 0.3 is 0 Å². The molecule has 5 rings (SSSR count). The number of fused-ring (bicyclic) bond motifs is 1. The van der Waals surface area contributed by atoms with Gasteiger partial charge in [0.15, 0.2) is 0 Å². The summed E-state index contributed by atoms with van der Waals surface area (Å²) in [5.41, 5.74) is 3.67. The molecule has 0 spiro atoms. The summed E-state index contributed by atoms with van der Waals surface area (Å²) in [7, 11) is 0. The van der Waals surface area contributed by atoms with Crippen LogP contribution in [0.15, 0.2) is 36.1 Å². The molecule has 0 aromatic carbocycles. The summed E-state index contributed by atoms with van der Waals surface area (Å²) in [6.07, 6.45) is 3.74. The second kappa shape index (κ2) is 6.19. The normalized spacial score (nSPS) is 17.9. The molecular formula is C17H17N7OS. The molecule has 0 aliphatic carbocycles. The molecule has 0 radical (unpaired) electrons. The summed E-state index contributed by atoms with van der Waals surface area (Å²) in [6, 6.07) is 6.37. The molecule has 0 saturated carbocycles. The fourth-order valence-electron chi connectivity index (χ4n) is 3.36. The van der Waals surface area contributed by atoms with Crippen molar-refractivity contribution in [3.8, 4) is 16.4 Å². The first-order valence-corrected chi connectivity index (χ1v) is 9.32. The third-order valence-electron chi connectivity index (χ3n) is 4.64. The van der Waals surface area contributed by atoms with Crippen LogP contribution in [-0.4, -0.2) is 55.7 Å². The molecule has 26 heavy (non-hydrogen) atoms. The maximum atomic E-state index is 5.58. The standard InChI is InChI=1S/C17H17N7OS/c1-11-9-25-7-6-23(11)15-8-13(17-22-19-10-26-17)12-3-5-24(16(12)20-15)14-2-4-18-21-14/h2-5,8,10-11H,6-7,9H2,1H3,(H,18,21)/t11-/m1/s1. The molecular weight excluding hydrogens is 350 g/mol. The summed E-state index contributed by atoms with van der Waals surface area (Å²) in [5.74, 6) is 1.81. The lowest BCUT2D eigenvalue weighted by Gasteiger charge is -2.34. The maximum absolute atomic E-state index is 5.58. The number of H-pyrrole nitrogens is 1. The highest BCUT2D eigenvalue weighted by molar-refractivity contribution is 7.12. The van der Waals surface area contributed by atoms with Crippen LogP contribution in [0.4, 0.5) is 5.82 Å². The highest BCUT2D eigenvalue weighted by Crippen LogP contribution is 2.34. The van der Waals surface area contributed by atoms with Gasteiger partial charge in [-0.25, -0.2) is 4.98 Å². The summed E-state index contributed by atoms with van der Waals surface area (Å²) < 4.78 is 7.60. The molecule has 1 atom stereocenters. The Morgan fingerprint density at radius 1 is 1.35 bits per heavy atom. The number of morpholine rings is 1. The molecule has 0 bridgehead atoms. The zero-order valence-corrected chi connectivity index (χ0v) is 15.0. The first-order chi connectivity index (χ1) is 12.8. The van der Waals surface area contributed by atoms with Crippen LogP contribution in [0.5, 0.6) is 0 Å². The van der Waals surface area contributed by atoms with Crippen molar-refractivity contribution < 1.29 is 4.74 Å². The Morgan fingerprint density at radius 3 is 3.08 bits per heavy atom. The van der Waals surface area contributed by atoms with E-state index in [1.54, 1.807) is 11.7 Å². The van der Waals surface area contributed by atoms with Crippen molar-refractivity contribution in [1.82, 2.24) is 29.9 Å².